The number of nitrogens with one attached hydrogen (secondary N) is 3. The number of halogens is 1. The molecule has 2 saturated heterocycles. The van der Waals surface area contributed by atoms with Crippen LogP contribution in [0, 0.1) is 12.3 Å². The molecule has 0 saturated carbocycles. The van der Waals surface area contributed by atoms with Crippen LogP contribution in [0.4, 0.5) is 0 Å². The van der Waals surface area contributed by atoms with Crippen molar-refractivity contribution in [3.05, 3.63) is 35.5 Å². The number of H-pyrrole nitrogens is 1. The summed E-state index contributed by atoms with van der Waals surface area (Å²) in [6, 6.07) is 6.44. The molecule has 1 spiro atoms. The number of aliphatic imine (C=N–C) groups is 1. The zero-order valence-corrected chi connectivity index (χ0v) is 19.7. The summed E-state index contributed by atoms with van der Waals surface area (Å²) in [4.78, 5) is 22.5. The number of carbonyl (C=O) groups is 1. The molecule has 3 N–H and O–H groups in total. The lowest BCUT2D eigenvalue weighted by molar-refractivity contribution is -0.119. The number of benzene rings is 1. The average molecular weight is 509 g/mol. The summed E-state index contributed by atoms with van der Waals surface area (Å²) >= 11 is 0. The minimum Gasteiger partial charge on any atom is -0.361 e. The van der Waals surface area contributed by atoms with Gasteiger partial charge in [0.25, 0.3) is 0 Å². The van der Waals surface area contributed by atoms with Gasteiger partial charge in [0.05, 0.1) is 0 Å². The Morgan fingerprint density at radius 1 is 1.38 bits per heavy atom. The Bertz CT molecular complexity index is 892. The van der Waals surface area contributed by atoms with Crippen molar-refractivity contribution in [1.29, 1.82) is 0 Å². The van der Waals surface area contributed by atoms with Gasteiger partial charge < -0.3 is 20.5 Å². The van der Waals surface area contributed by atoms with Crippen LogP contribution in [0.1, 0.15) is 37.3 Å². The highest BCUT2D eigenvalue weighted by Gasteiger charge is 2.42. The molecule has 158 valence electrons. The molecule has 0 aliphatic carbocycles. The van der Waals surface area contributed by atoms with Crippen molar-refractivity contribution in [2.45, 2.75) is 39.5 Å². The fraction of sp³-hybridized carbons (Fsp3) is 0.545. The molecule has 4 rings (SSSR count). The maximum Gasteiger partial charge on any atom is 0.220 e. The van der Waals surface area contributed by atoms with E-state index in [4.69, 9.17) is 4.99 Å². The standard InChI is InChI=1S/C22H31N5O.HI/c1-3-23-21(27-11-5-9-22(15-27)12-19(28)26-14-22)24-10-8-17-13-25-20-16(2)6-4-7-18(17)20;/h4,6-7,13,25H,3,5,8-12,14-15H2,1-2H3,(H,23,24)(H,26,28);1H. The summed E-state index contributed by atoms with van der Waals surface area (Å²) in [7, 11) is 0. The van der Waals surface area contributed by atoms with Crippen LogP contribution in [0.15, 0.2) is 29.4 Å². The van der Waals surface area contributed by atoms with Gasteiger partial charge >= 0.3 is 0 Å². The second kappa shape index (κ2) is 9.36. The fourth-order valence-electron chi connectivity index (χ4n) is 4.71. The molecule has 1 aromatic carbocycles. The van der Waals surface area contributed by atoms with Gasteiger partial charge in [0.15, 0.2) is 5.96 Å². The predicted octanol–water partition coefficient (Wildman–Crippen LogP) is 3.20. The number of hydrogen-bond donors (Lipinski definition) is 3. The third-order valence-electron chi connectivity index (χ3n) is 6.14. The number of para-hydroxylation sites is 1. The normalized spacial score (nSPS) is 22.1. The first-order chi connectivity index (χ1) is 13.6. The molecule has 6 nitrogen and oxygen atoms in total. The van der Waals surface area contributed by atoms with Gasteiger partial charge in [0.2, 0.25) is 5.91 Å². The first kappa shape index (κ1) is 21.9. The number of aromatic nitrogens is 1. The zero-order chi connectivity index (χ0) is 19.6. The Hall–Kier alpha value is -1.77. The Morgan fingerprint density at radius 2 is 2.24 bits per heavy atom. The van der Waals surface area contributed by atoms with Crippen LogP contribution in [0.3, 0.4) is 0 Å². The summed E-state index contributed by atoms with van der Waals surface area (Å²) in [5.41, 5.74) is 3.91. The molecular weight excluding hydrogens is 477 g/mol. The molecule has 1 aromatic heterocycles. The van der Waals surface area contributed by atoms with E-state index in [0.717, 1.165) is 57.9 Å². The second-order valence-electron chi connectivity index (χ2n) is 8.28. The van der Waals surface area contributed by atoms with Gasteiger partial charge in [-0.2, -0.15) is 0 Å². The van der Waals surface area contributed by atoms with Crippen LogP contribution in [-0.4, -0.2) is 54.5 Å². The first-order valence-corrected chi connectivity index (χ1v) is 10.5. The van der Waals surface area contributed by atoms with Crippen LogP contribution < -0.4 is 10.6 Å². The average Bonchev–Trinajstić information content (AvgIpc) is 3.26. The van der Waals surface area contributed by atoms with Crippen molar-refractivity contribution >= 4 is 46.7 Å². The lowest BCUT2D eigenvalue weighted by Gasteiger charge is -2.40. The molecule has 0 bridgehead atoms. The van der Waals surface area contributed by atoms with E-state index in [1.54, 1.807) is 0 Å². The van der Waals surface area contributed by atoms with Crippen LogP contribution in [0.2, 0.25) is 0 Å². The highest BCUT2D eigenvalue weighted by atomic mass is 127. The third-order valence-corrected chi connectivity index (χ3v) is 6.14. The fourth-order valence-corrected chi connectivity index (χ4v) is 4.71. The second-order valence-corrected chi connectivity index (χ2v) is 8.28. The number of aromatic amines is 1. The van der Waals surface area contributed by atoms with Crippen LogP contribution in [-0.2, 0) is 11.2 Å². The van der Waals surface area contributed by atoms with E-state index in [1.165, 1.54) is 22.0 Å². The molecule has 1 atom stereocenters. The summed E-state index contributed by atoms with van der Waals surface area (Å²) in [6.07, 6.45) is 5.91. The molecule has 29 heavy (non-hydrogen) atoms. The third kappa shape index (κ3) is 4.70. The largest absolute Gasteiger partial charge is 0.361 e. The smallest absolute Gasteiger partial charge is 0.220 e. The SMILES string of the molecule is CCNC(=NCCc1c[nH]c2c(C)cccc12)N1CCCC2(CNC(=O)C2)C1.I. The lowest BCUT2D eigenvalue weighted by Crippen LogP contribution is -2.51. The molecular formula is C22H32IN5O. The van der Waals surface area contributed by atoms with E-state index >= 15 is 0 Å². The van der Waals surface area contributed by atoms with Crippen LogP contribution in [0.5, 0.6) is 0 Å². The molecule has 2 aromatic rings. The van der Waals surface area contributed by atoms with Crippen molar-refractivity contribution in [1.82, 2.24) is 20.5 Å². The quantitative estimate of drug-likeness (QED) is 0.337. The van der Waals surface area contributed by atoms with E-state index in [2.05, 4.69) is 58.8 Å². The van der Waals surface area contributed by atoms with Crippen molar-refractivity contribution in [2.75, 3.05) is 32.7 Å². The zero-order valence-electron chi connectivity index (χ0n) is 17.4. The minimum absolute atomic E-state index is 0. The summed E-state index contributed by atoms with van der Waals surface area (Å²) in [6.45, 7) is 8.57. The molecule has 0 radical (unpaired) electrons. The summed E-state index contributed by atoms with van der Waals surface area (Å²) < 4.78 is 0. The molecule has 1 amide bonds. The van der Waals surface area contributed by atoms with Gasteiger partial charge in [-0.15, -0.1) is 24.0 Å². The Morgan fingerprint density at radius 3 is 3.00 bits per heavy atom. The highest BCUT2D eigenvalue weighted by molar-refractivity contribution is 14.0. The number of nitrogens with zero attached hydrogens (tertiary/aromatic N) is 2. The van der Waals surface area contributed by atoms with E-state index in [9.17, 15) is 4.79 Å². The topological polar surface area (TPSA) is 72.5 Å². The predicted molar refractivity (Wildman–Crippen MR) is 129 cm³/mol. The van der Waals surface area contributed by atoms with Crippen molar-refractivity contribution < 1.29 is 4.79 Å². The van der Waals surface area contributed by atoms with E-state index in [-0.39, 0.29) is 35.3 Å². The number of amides is 1. The van der Waals surface area contributed by atoms with Gasteiger partial charge in [0, 0.05) is 61.7 Å². The number of aryl methyl sites for hydroxylation is 1. The van der Waals surface area contributed by atoms with Crippen molar-refractivity contribution in [3.63, 3.8) is 0 Å². The molecule has 2 aliphatic heterocycles. The van der Waals surface area contributed by atoms with Gasteiger partial charge in [-0.05, 0) is 44.2 Å². The Kier molecular flexibility index (Phi) is 7.08. The minimum atomic E-state index is 0. The number of carbonyl (C=O) groups excluding carboxylic acids is 1. The van der Waals surface area contributed by atoms with Gasteiger partial charge in [-0.25, -0.2) is 0 Å². The Balaban J connectivity index is 0.00000240. The molecule has 3 heterocycles. The van der Waals surface area contributed by atoms with E-state index in [0.29, 0.717) is 6.42 Å². The number of piperidine rings is 1. The number of hydrogen-bond acceptors (Lipinski definition) is 2. The van der Waals surface area contributed by atoms with E-state index < -0.39 is 0 Å². The monoisotopic (exact) mass is 509 g/mol. The molecule has 1 unspecified atom stereocenters. The van der Waals surface area contributed by atoms with Crippen LogP contribution >= 0.6 is 24.0 Å². The van der Waals surface area contributed by atoms with Crippen LogP contribution in [0.25, 0.3) is 10.9 Å². The highest BCUT2D eigenvalue weighted by Crippen LogP contribution is 2.36. The Labute approximate surface area is 189 Å². The number of rotatable bonds is 4. The lowest BCUT2D eigenvalue weighted by atomic mass is 9.79. The van der Waals surface area contributed by atoms with Crippen molar-refractivity contribution in [3.8, 4) is 0 Å². The van der Waals surface area contributed by atoms with Gasteiger partial charge in [-0.1, -0.05) is 18.2 Å². The summed E-state index contributed by atoms with van der Waals surface area (Å²) in [5, 5.41) is 7.78. The molecule has 2 aliphatic rings. The van der Waals surface area contributed by atoms with Crippen molar-refractivity contribution in [2.24, 2.45) is 10.4 Å². The maximum atomic E-state index is 11.8. The van der Waals surface area contributed by atoms with Gasteiger partial charge in [0.1, 0.15) is 0 Å². The summed E-state index contributed by atoms with van der Waals surface area (Å²) in [5.74, 6) is 1.18. The van der Waals surface area contributed by atoms with Gasteiger partial charge in [-0.3, -0.25) is 9.79 Å². The first-order valence-electron chi connectivity index (χ1n) is 10.5. The van der Waals surface area contributed by atoms with E-state index in [1.807, 2.05) is 0 Å². The number of fused-ring (bicyclic) bond motifs is 1. The molecule has 2 fully saturated rings. The number of likely N-dealkylation sites (tertiary alicyclic amines) is 1. The maximum absolute atomic E-state index is 11.8. The molecule has 7 heteroatoms. The number of guanidine groups is 1.